The van der Waals surface area contributed by atoms with Gasteiger partial charge in [-0.2, -0.15) is 10.1 Å². The lowest BCUT2D eigenvalue weighted by Crippen LogP contribution is -2.42. The second kappa shape index (κ2) is 8.85. The summed E-state index contributed by atoms with van der Waals surface area (Å²) >= 11 is 6.06. The van der Waals surface area contributed by atoms with E-state index < -0.39 is 0 Å². The van der Waals surface area contributed by atoms with Gasteiger partial charge in [0.05, 0.1) is 12.8 Å². The maximum Gasteiger partial charge on any atom is 0.409 e. The largest absolute Gasteiger partial charge is 0.450 e. The second-order valence-corrected chi connectivity index (χ2v) is 6.79. The predicted octanol–water partition coefficient (Wildman–Crippen LogP) is 3.61. The summed E-state index contributed by atoms with van der Waals surface area (Å²) < 4.78 is 5.04. The molecule has 0 radical (unpaired) electrons. The number of likely N-dealkylation sites (tertiary alicyclic amines) is 1. The number of anilines is 3. The molecule has 2 aromatic rings. The lowest BCUT2D eigenvalue weighted by atomic mass is 10.1. The van der Waals surface area contributed by atoms with E-state index in [0.29, 0.717) is 36.5 Å². The van der Waals surface area contributed by atoms with Gasteiger partial charge in [0.25, 0.3) is 0 Å². The number of nitrogens with one attached hydrogen (secondary N) is 2. The van der Waals surface area contributed by atoms with E-state index in [9.17, 15) is 4.79 Å². The third-order valence-corrected chi connectivity index (χ3v) is 4.61. The molecule has 8 nitrogen and oxygen atoms in total. The quantitative estimate of drug-likeness (QED) is 0.805. The summed E-state index contributed by atoms with van der Waals surface area (Å²) in [6, 6.07) is 5.81. The molecular weight excluding hydrogens is 368 g/mol. The van der Waals surface area contributed by atoms with Gasteiger partial charge in [-0.25, -0.2) is 4.79 Å². The molecule has 2 heterocycles. The number of carbonyl (C=O) groups is 1. The van der Waals surface area contributed by atoms with Crippen molar-refractivity contribution in [2.75, 3.05) is 30.3 Å². The molecule has 0 atom stereocenters. The van der Waals surface area contributed by atoms with Crippen LogP contribution < -0.4 is 10.6 Å². The normalized spacial score (nSPS) is 14.7. The predicted molar refractivity (Wildman–Crippen MR) is 105 cm³/mol. The number of aryl methyl sites for hydroxylation is 1. The summed E-state index contributed by atoms with van der Waals surface area (Å²) in [4.78, 5) is 18.0. The summed E-state index contributed by atoms with van der Waals surface area (Å²) in [6.07, 6.45) is 2.91. The number of aromatic nitrogens is 3. The van der Waals surface area contributed by atoms with Gasteiger partial charge in [0.2, 0.25) is 5.95 Å². The van der Waals surface area contributed by atoms with E-state index in [1.165, 1.54) is 0 Å². The fourth-order valence-electron chi connectivity index (χ4n) is 2.90. The Balaban J connectivity index is 1.58. The summed E-state index contributed by atoms with van der Waals surface area (Å²) in [5.74, 6) is 1.04. The highest BCUT2D eigenvalue weighted by Crippen LogP contribution is 2.23. The molecule has 1 amide bonds. The molecule has 1 aliphatic rings. The van der Waals surface area contributed by atoms with Gasteiger partial charge < -0.3 is 20.3 Å². The van der Waals surface area contributed by atoms with E-state index in [1.54, 1.807) is 11.1 Å². The van der Waals surface area contributed by atoms with E-state index >= 15 is 0 Å². The Bertz CT molecular complexity index is 795. The third-order valence-electron chi connectivity index (χ3n) is 4.38. The number of amides is 1. The van der Waals surface area contributed by atoms with Crippen molar-refractivity contribution < 1.29 is 9.53 Å². The van der Waals surface area contributed by atoms with Crippen molar-refractivity contribution in [3.63, 3.8) is 0 Å². The van der Waals surface area contributed by atoms with Crippen molar-refractivity contribution >= 4 is 35.1 Å². The van der Waals surface area contributed by atoms with Crippen molar-refractivity contribution in [3.05, 3.63) is 35.0 Å². The van der Waals surface area contributed by atoms with Crippen LogP contribution in [0.4, 0.5) is 22.2 Å². The maximum absolute atomic E-state index is 11.8. The first kappa shape index (κ1) is 19.2. The number of nitrogens with zero attached hydrogens (tertiary/aromatic N) is 4. The molecule has 0 saturated carbocycles. The zero-order valence-corrected chi connectivity index (χ0v) is 16.2. The Morgan fingerprint density at radius 2 is 2.15 bits per heavy atom. The molecule has 0 bridgehead atoms. The Hall–Kier alpha value is -2.61. The fraction of sp³-hybridized carbons (Fsp3) is 0.444. The highest BCUT2D eigenvalue weighted by Gasteiger charge is 2.24. The van der Waals surface area contributed by atoms with Crippen LogP contribution in [0.15, 0.2) is 24.4 Å². The van der Waals surface area contributed by atoms with Gasteiger partial charge in [0.15, 0.2) is 5.82 Å². The van der Waals surface area contributed by atoms with Crippen LogP contribution in [-0.2, 0) is 4.74 Å². The monoisotopic (exact) mass is 390 g/mol. The standard InChI is InChI=1S/C18H23ClN6O2/c1-3-27-18(26)25-8-6-14(7-9-25)21-17-23-16(11-20-24-17)22-15-10-13(19)5-4-12(15)2/h4-5,10-11,14H,3,6-9H2,1-2H3,(H2,21,22,23,24). The first-order chi connectivity index (χ1) is 13.0. The zero-order chi connectivity index (χ0) is 19.2. The van der Waals surface area contributed by atoms with Gasteiger partial charge >= 0.3 is 6.09 Å². The molecule has 1 aromatic heterocycles. The first-order valence-corrected chi connectivity index (χ1v) is 9.34. The number of hydrogen-bond acceptors (Lipinski definition) is 7. The molecule has 1 fully saturated rings. The summed E-state index contributed by atoms with van der Waals surface area (Å²) in [5, 5.41) is 15.2. The summed E-state index contributed by atoms with van der Waals surface area (Å²) in [5.41, 5.74) is 1.93. The smallest absolute Gasteiger partial charge is 0.409 e. The summed E-state index contributed by atoms with van der Waals surface area (Å²) in [7, 11) is 0. The van der Waals surface area contributed by atoms with Crippen molar-refractivity contribution in [1.29, 1.82) is 0 Å². The average molecular weight is 391 g/mol. The number of carbonyl (C=O) groups excluding carboxylic acids is 1. The lowest BCUT2D eigenvalue weighted by molar-refractivity contribution is 0.0983. The minimum absolute atomic E-state index is 0.181. The molecule has 144 valence electrons. The SMILES string of the molecule is CCOC(=O)N1CCC(Nc2nncc(Nc3cc(Cl)ccc3C)n2)CC1. The van der Waals surface area contributed by atoms with E-state index in [4.69, 9.17) is 16.3 Å². The van der Waals surface area contributed by atoms with Gasteiger partial charge in [-0.3, -0.25) is 0 Å². The molecule has 0 spiro atoms. The van der Waals surface area contributed by atoms with Crippen molar-refractivity contribution in [2.45, 2.75) is 32.7 Å². The molecule has 3 rings (SSSR count). The van der Waals surface area contributed by atoms with E-state index in [-0.39, 0.29) is 12.1 Å². The average Bonchev–Trinajstić information content (AvgIpc) is 2.66. The second-order valence-electron chi connectivity index (χ2n) is 6.35. The van der Waals surface area contributed by atoms with Crippen molar-refractivity contribution in [3.8, 4) is 0 Å². The van der Waals surface area contributed by atoms with Crippen LogP contribution in [0, 0.1) is 6.92 Å². The molecule has 1 aliphatic heterocycles. The Labute approximate surface area is 163 Å². The number of benzene rings is 1. The van der Waals surface area contributed by atoms with Crippen LogP contribution in [0.3, 0.4) is 0 Å². The highest BCUT2D eigenvalue weighted by atomic mass is 35.5. The molecule has 2 N–H and O–H groups in total. The number of piperidine rings is 1. The van der Waals surface area contributed by atoms with Crippen LogP contribution in [0.1, 0.15) is 25.3 Å². The summed E-state index contributed by atoms with van der Waals surface area (Å²) in [6.45, 7) is 5.47. The van der Waals surface area contributed by atoms with E-state index in [1.807, 2.05) is 32.0 Å². The highest BCUT2D eigenvalue weighted by molar-refractivity contribution is 6.30. The van der Waals surface area contributed by atoms with Gasteiger partial charge in [-0.15, -0.1) is 5.10 Å². The topological polar surface area (TPSA) is 92.3 Å². The van der Waals surface area contributed by atoms with Crippen molar-refractivity contribution in [2.24, 2.45) is 0 Å². The van der Waals surface area contributed by atoms with Crippen LogP contribution >= 0.6 is 11.6 Å². The zero-order valence-electron chi connectivity index (χ0n) is 15.4. The minimum Gasteiger partial charge on any atom is -0.450 e. The van der Waals surface area contributed by atoms with Crippen LogP contribution in [0.2, 0.25) is 5.02 Å². The number of halogens is 1. The van der Waals surface area contributed by atoms with Gasteiger partial charge in [-0.1, -0.05) is 17.7 Å². The Kier molecular flexibility index (Phi) is 6.28. The molecule has 27 heavy (non-hydrogen) atoms. The van der Waals surface area contributed by atoms with Crippen molar-refractivity contribution in [1.82, 2.24) is 20.1 Å². The van der Waals surface area contributed by atoms with Crippen LogP contribution in [0.25, 0.3) is 0 Å². The number of ether oxygens (including phenoxy) is 1. The lowest BCUT2D eigenvalue weighted by Gasteiger charge is -2.31. The number of rotatable bonds is 5. The molecular formula is C18H23ClN6O2. The van der Waals surface area contributed by atoms with Crippen LogP contribution in [-0.4, -0.2) is 51.9 Å². The first-order valence-electron chi connectivity index (χ1n) is 8.96. The van der Waals surface area contributed by atoms with E-state index in [0.717, 1.165) is 24.1 Å². The van der Waals surface area contributed by atoms with Gasteiger partial charge in [-0.05, 0) is 44.4 Å². The van der Waals surface area contributed by atoms with Crippen LogP contribution in [0.5, 0.6) is 0 Å². The molecule has 1 aromatic carbocycles. The molecule has 0 unspecified atom stereocenters. The fourth-order valence-corrected chi connectivity index (χ4v) is 3.07. The van der Waals surface area contributed by atoms with E-state index in [2.05, 4.69) is 25.8 Å². The Morgan fingerprint density at radius 3 is 2.89 bits per heavy atom. The molecule has 1 saturated heterocycles. The molecule has 0 aliphatic carbocycles. The maximum atomic E-state index is 11.8. The molecule has 9 heteroatoms. The Morgan fingerprint density at radius 1 is 1.37 bits per heavy atom. The number of hydrogen-bond donors (Lipinski definition) is 2. The van der Waals surface area contributed by atoms with Gasteiger partial charge in [0.1, 0.15) is 0 Å². The third kappa shape index (κ3) is 5.19. The minimum atomic E-state index is -0.253. The van der Waals surface area contributed by atoms with Gasteiger partial charge in [0, 0.05) is 29.8 Å².